The number of hydrogen-bond donors (Lipinski definition) is 0. The summed E-state index contributed by atoms with van der Waals surface area (Å²) < 4.78 is 0. The molecule has 0 N–H and O–H groups in total. The SMILES string of the molecule is CC1(C)c2ccccc2-c2cc(N(c3ccccc3)c3ccc(-c4ccccc4)cc3)c(-c3ccccc3)cc21. The van der Waals surface area contributed by atoms with E-state index < -0.39 is 0 Å². The second-order valence-corrected chi connectivity index (χ2v) is 11.0. The molecule has 0 spiro atoms. The molecule has 0 atom stereocenters. The van der Waals surface area contributed by atoms with Crippen LogP contribution >= 0.6 is 0 Å². The lowest BCUT2D eigenvalue weighted by Gasteiger charge is -2.30. The zero-order chi connectivity index (χ0) is 27.1. The van der Waals surface area contributed by atoms with Gasteiger partial charge in [-0.25, -0.2) is 0 Å². The van der Waals surface area contributed by atoms with Crippen LogP contribution in [-0.4, -0.2) is 0 Å². The van der Waals surface area contributed by atoms with Gasteiger partial charge in [0.15, 0.2) is 0 Å². The maximum Gasteiger partial charge on any atom is 0.0546 e. The van der Waals surface area contributed by atoms with Gasteiger partial charge in [0.1, 0.15) is 0 Å². The Hall–Kier alpha value is -4.88. The summed E-state index contributed by atoms with van der Waals surface area (Å²) in [6.45, 7) is 4.70. The van der Waals surface area contributed by atoms with Gasteiger partial charge in [0.2, 0.25) is 0 Å². The van der Waals surface area contributed by atoms with Gasteiger partial charge in [-0.3, -0.25) is 0 Å². The van der Waals surface area contributed by atoms with Crippen molar-refractivity contribution in [1.82, 2.24) is 0 Å². The fourth-order valence-electron chi connectivity index (χ4n) is 6.21. The Bertz CT molecular complexity index is 1780. The molecule has 0 aliphatic heterocycles. The van der Waals surface area contributed by atoms with Gasteiger partial charge in [-0.1, -0.05) is 129 Å². The predicted octanol–water partition coefficient (Wildman–Crippen LogP) is 10.8. The summed E-state index contributed by atoms with van der Waals surface area (Å²) in [6, 6.07) is 54.8. The smallest absolute Gasteiger partial charge is 0.0546 e. The van der Waals surface area contributed by atoms with Crippen LogP contribution in [0.2, 0.25) is 0 Å². The second kappa shape index (κ2) is 9.70. The van der Waals surface area contributed by atoms with E-state index in [0.717, 1.165) is 11.4 Å². The number of para-hydroxylation sites is 1. The lowest BCUT2D eigenvalue weighted by Crippen LogP contribution is -2.16. The molecule has 0 unspecified atom stereocenters. The summed E-state index contributed by atoms with van der Waals surface area (Å²) in [6.07, 6.45) is 0. The summed E-state index contributed by atoms with van der Waals surface area (Å²) in [4.78, 5) is 2.41. The van der Waals surface area contributed by atoms with Crippen molar-refractivity contribution < 1.29 is 0 Å². The average molecular weight is 514 g/mol. The Labute approximate surface area is 237 Å². The summed E-state index contributed by atoms with van der Waals surface area (Å²) in [5.41, 5.74) is 13.7. The van der Waals surface area contributed by atoms with Crippen molar-refractivity contribution in [3.8, 4) is 33.4 Å². The first-order chi connectivity index (χ1) is 19.6. The van der Waals surface area contributed by atoms with Crippen molar-refractivity contribution >= 4 is 17.1 Å². The topological polar surface area (TPSA) is 3.24 Å². The lowest BCUT2D eigenvalue weighted by molar-refractivity contribution is 0.660. The van der Waals surface area contributed by atoms with Crippen LogP contribution in [0.5, 0.6) is 0 Å². The third-order valence-electron chi connectivity index (χ3n) is 8.27. The van der Waals surface area contributed by atoms with E-state index in [1.54, 1.807) is 0 Å². The lowest BCUT2D eigenvalue weighted by atomic mass is 9.81. The number of anilines is 3. The molecule has 6 aromatic rings. The Morgan fingerprint density at radius 3 is 1.60 bits per heavy atom. The zero-order valence-electron chi connectivity index (χ0n) is 22.9. The number of fused-ring (bicyclic) bond motifs is 3. The molecule has 1 nitrogen and oxygen atoms in total. The fourth-order valence-corrected chi connectivity index (χ4v) is 6.21. The zero-order valence-corrected chi connectivity index (χ0v) is 22.9. The predicted molar refractivity (Wildman–Crippen MR) is 170 cm³/mol. The normalized spacial score (nSPS) is 12.9. The molecule has 7 rings (SSSR count). The molecule has 0 saturated heterocycles. The van der Waals surface area contributed by atoms with Crippen LogP contribution in [0.4, 0.5) is 17.1 Å². The Balaban J connectivity index is 1.48. The van der Waals surface area contributed by atoms with E-state index in [0.29, 0.717) is 0 Å². The van der Waals surface area contributed by atoms with Crippen molar-refractivity contribution in [1.29, 1.82) is 0 Å². The van der Waals surface area contributed by atoms with Gasteiger partial charge in [0.25, 0.3) is 0 Å². The second-order valence-electron chi connectivity index (χ2n) is 11.0. The van der Waals surface area contributed by atoms with E-state index >= 15 is 0 Å². The summed E-state index contributed by atoms with van der Waals surface area (Å²) in [5.74, 6) is 0. The highest BCUT2D eigenvalue weighted by Crippen LogP contribution is 2.53. The Morgan fingerprint density at radius 1 is 0.400 bits per heavy atom. The first-order valence-electron chi connectivity index (χ1n) is 14.0. The van der Waals surface area contributed by atoms with E-state index in [1.165, 1.54) is 50.2 Å². The van der Waals surface area contributed by atoms with E-state index in [4.69, 9.17) is 0 Å². The van der Waals surface area contributed by atoms with Gasteiger partial charge in [-0.2, -0.15) is 0 Å². The van der Waals surface area contributed by atoms with E-state index in [1.807, 2.05) is 0 Å². The van der Waals surface area contributed by atoms with Crippen LogP contribution < -0.4 is 4.90 Å². The molecule has 0 aromatic heterocycles. The molecular weight excluding hydrogens is 482 g/mol. The highest BCUT2D eigenvalue weighted by molar-refractivity contribution is 5.94. The van der Waals surface area contributed by atoms with Crippen molar-refractivity contribution in [3.05, 3.63) is 163 Å². The van der Waals surface area contributed by atoms with Crippen molar-refractivity contribution in [2.24, 2.45) is 0 Å². The molecule has 0 heterocycles. The van der Waals surface area contributed by atoms with Gasteiger partial charge >= 0.3 is 0 Å². The molecule has 192 valence electrons. The highest BCUT2D eigenvalue weighted by atomic mass is 15.1. The van der Waals surface area contributed by atoms with Gasteiger partial charge in [-0.05, 0) is 75.3 Å². The minimum Gasteiger partial charge on any atom is -0.310 e. The summed E-state index contributed by atoms with van der Waals surface area (Å²) >= 11 is 0. The van der Waals surface area contributed by atoms with Crippen LogP contribution in [-0.2, 0) is 5.41 Å². The number of benzene rings is 6. The Kier molecular flexibility index (Phi) is 5.86. The summed E-state index contributed by atoms with van der Waals surface area (Å²) in [5, 5.41) is 0. The molecule has 1 heteroatoms. The van der Waals surface area contributed by atoms with Crippen molar-refractivity contribution in [2.75, 3.05) is 4.90 Å². The highest BCUT2D eigenvalue weighted by Gasteiger charge is 2.36. The molecular formula is C39H31N. The fraction of sp³-hybridized carbons (Fsp3) is 0.0769. The van der Waals surface area contributed by atoms with Crippen LogP contribution in [0.1, 0.15) is 25.0 Å². The third kappa shape index (κ3) is 4.03. The van der Waals surface area contributed by atoms with Gasteiger partial charge in [0, 0.05) is 22.4 Å². The third-order valence-corrected chi connectivity index (χ3v) is 8.27. The maximum atomic E-state index is 2.44. The van der Waals surface area contributed by atoms with Crippen LogP contribution in [0, 0.1) is 0 Å². The minimum absolute atomic E-state index is 0.0666. The first-order valence-corrected chi connectivity index (χ1v) is 14.0. The molecule has 6 aromatic carbocycles. The molecule has 0 saturated carbocycles. The summed E-state index contributed by atoms with van der Waals surface area (Å²) in [7, 11) is 0. The van der Waals surface area contributed by atoms with Crippen molar-refractivity contribution in [3.63, 3.8) is 0 Å². The molecule has 0 radical (unpaired) electrons. The standard InChI is InChI=1S/C39H31N/c1-39(2)36-21-13-12-20-33(36)35-27-38(34(26-37(35)39)30-16-8-4-9-17-30)40(31-18-10-5-11-19-31)32-24-22-29(23-25-32)28-14-6-3-7-15-28/h3-27H,1-2H3. The van der Waals surface area contributed by atoms with Gasteiger partial charge < -0.3 is 4.90 Å². The number of rotatable bonds is 5. The molecule has 40 heavy (non-hydrogen) atoms. The van der Waals surface area contributed by atoms with E-state index in [9.17, 15) is 0 Å². The van der Waals surface area contributed by atoms with Crippen LogP contribution in [0.25, 0.3) is 33.4 Å². The molecule has 0 fully saturated rings. The van der Waals surface area contributed by atoms with E-state index in [-0.39, 0.29) is 5.41 Å². The van der Waals surface area contributed by atoms with Crippen molar-refractivity contribution in [2.45, 2.75) is 19.3 Å². The minimum atomic E-state index is -0.0666. The van der Waals surface area contributed by atoms with Crippen LogP contribution in [0.15, 0.2) is 152 Å². The molecule has 1 aliphatic rings. The molecule has 0 bridgehead atoms. The largest absolute Gasteiger partial charge is 0.310 e. The number of nitrogens with zero attached hydrogens (tertiary/aromatic N) is 1. The molecule has 0 amide bonds. The first kappa shape index (κ1) is 24.2. The van der Waals surface area contributed by atoms with Gasteiger partial charge in [-0.15, -0.1) is 0 Å². The Morgan fingerprint density at radius 2 is 0.925 bits per heavy atom. The van der Waals surface area contributed by atoms with E-state index in [2.05, 4.69) is 170 Å². The molecule has 1 aliphatic carbocycles. The van der Waals surface area contributed by atoms with Gasteiger partial charge in [0.05, 0.1) is 5.69 Å². The monoisotopic (exact) mass is 513 g/mol. The quantitative estimate of drug-likeness (QED) is 0.222. The van der Waals surface area contributed by atoms with Crippen LogP contribution in [0.3, 0.4) is 0 Å². The maximum absolute atomic E-state index is 2.44. The average Bonchev–Trinajstić information content (AvgIpc) is 3.24. The number of hydrogen-bond acceptors (Lipinski definition) is 1.